The molecule has 5 rings (SSSR count). The van der Waals surface area contributed by atoms with E-state index < -0.39 is 0 Å². The molecule has 45 heavy (non-hydrogen) atoms. The first kappa shape index (κ1) is 31.7. The summed E-state index contributed by atoms with van der Waals surface area (Å²) in [6.07, 6.45) is 4.71. The van der Waals surface area contributed by atoms with Gasteiger partial charge in [0.05, 0.1) is 5.69 Å². The van der Waals surface area contributed by atoms with Gasteiger partial charge < -0.3 is 31.3 Å². The molecule has 0 radical (unpaired) electrons. The first-order chi connectivity index (χ1) is 21.6. The lowest BCUT2D eigenvalue weighted by atomic mass is 9.84. The fourth-order valence-electron chi connectivity index (χ4n) is 5.38. The minimum absolute atomic E-state index is 0.0747. The number of anilines is 2. The highest BCUT2D eigenvalue weighted by Crippen LogP contribution is 2.33. The Morgan fingerprint density at radius 3 is 2.29 bits per heavy atom. The molecule has 0 aromatic heterocycles. The van der Waals surface area contributed by atoms with Gasteiger partial charge in [-0.05, 0) is 104 Å². The molecular formula is C35H41N5O5. The first-order valence-corrected chi connectivity index (χ1v) is 15.5. The predicted molar refractivity (Wildman–Crippen MR) is 173 cm³/mol. The van der Waals surface area contributed by atoms with E-state index in [2.05, 4.69) is 29.8 Å². The molecule has 1 heterocycles. The fourth-order valence-corrected chi connectivity index (χ4v) is 5.38. The van der Waals surface area contributed by atoms with Crippen LogP contribution in [-0.4, -0.2) is 54.3 Å². The molecule has 10 heteroatoms. The van der Waals surface area contributed by atoms with Gasteiger partial charge in [-0.25, -0.2) is 0 Å². The lowest BCUT2D eigenvalue weighted by Gasteiger charge is -2.24. The zero-order valence-electron chi connectivity index (χ0n) is 25.9. The van der Waals surface area contributed by atoms with Crippen LogP contribution < -0.4 is 26.4 Å². The van der Waals surface area contributed by atoms with Crippen molar-refractivity contribution >= 4 is 35.0 Å². The molecule has 1 fully saturated rings. The third-order valence-corrected chi connectivity index (χ3v) is 8.22. The third kappa shape index (κ3) is 8.48. The number of benzene rings is 3. The van der Waals surface area contributed by atoms with Gasteiger partial charge in [0.2, 0.25) is 0 Å². The highest BCUT2D eigenvalue weighted by atomic mass is 16.5. The lowest BCUT2D eigenvalue weighted by molar-refractivity contribution is -0.118. The summed E-state index contributed by atoms with van der Waals surface area (Å²) in [5.41, 5.74) is 9.40. The number of nitrogens with two attached hydrogens (primary N) is 1. The van der Waals surface area contributed by atoms with E-state index in [1.807, 2.05) is 17.0 Å². The Hall–Kier alpha value is -4.70. The number of hydrogen-bond acceptors (Lipinski definition) is 6. The average molecular weight is 612 g/mol. The van der Waals surface area contributed by atoms with Crippen LogP contribution in [0.15, 0.2) is 66.7 Å². The second-order valence-corrected chi connectivity index (χ2v) is 12.5. The SMILES string of the molecule is CC(C)(CCN)CCCNC(=O)c1ccc(NC(=O)c2ccc(CN(C(=O)c3ccc4c(c3)OCC(=O)N4)C3CC3)cc2)cc1. The maximum atomic E-state index is 13.4. The van der Waals surface area contributed by atoms with E-state index in [4.69, 9.17) is 10.5 Å². The minimum atomic E-state index is -0.268. The molecule has 10 nitrogen and oxygen atoms in total. The molecule has 0 saturated heterocycles. The summed E-state index contributed by atoms with van der Waals surface area (Å²) >= 11 is 0. The van der Waals surface area contributed by atoms with Gasteiger partial charge in [-0.3, -0.25) is 19.2 Å². The van der Waals surface area contributed by atoms with Crippen LogP contribution in [-0.2, 0) is 11.3 Å². The van der Waals surface area contributed by atoms with Crippen LogP contribution in [0, 0.1) is 5.41 Å². The summed E-state index contributed by atoms with van der Waals surface area (Å²) in [5.74, 6) is -0.257. The molecule has 0 atom stereocenters. The Labute approximate surface area is 263 Å². The number of fused-ring (bicyclic) bond motifs is 1. The molecule has 0 spiro atoms. The second-order valence-electron chi connectivity index (χ2n) is 12.5. The maximum absolute atomic E-state index is 13.4. The Morgan fingerprint density at radius 2 is 1.60 bits per heavy atom. The predicted octanol–water partition coefficient (Wildman–Crippen LogP) is 4.96. The van der Waals surface area contributed by atoms with Crippen molar-refractivity contribution in [2.24, 2.45) is 11.1 Å². The van der Waals surface area contributed by atoms with Crippen molar-refractivity contribution in [3.05, 3.63) is 89.0 Å². The summed E-state index contributed by atoms with van der Waals surface area (Å²) in [7, 11) is 0. The van der Waals surface area contributed by atoms with E-state index in [-0.39, 0.29) is 41.7 Å². The highest BCUT2D eigenvalue weighted by molar-refractivity contribution is 6.04. The van der Waals surface area contributed by atoms with Crippen molar-refractivity contribution < 1.29 is 23.9 Å². The van der Waals surface area contributed by atoms with Crippen molar-refractivity contribution in [1.82, 2.24) is 10.2 Å². The quantitative estimate of drug-likeness (QED) is 0.201. The normalized spacial score (nSPS) is 14.1. The van der Waals surface area contributed by atoms with Gasteiger partial charge >= 0.3 is 0 Å². The lowest BCUT2D eigenvalue weighted by Crippen LogP contribution is -2.33. The summed E-state index contributed by atoms with van der Waals surface area (Å²) in [4.78, 5) is 52.3. The molecule has 4 amide bonds. The van der Waals surface area contributed by atoms with E-state index in [0.717, 1.165) is 37.7 Å². The molecule has 0 bridgehead atoms. The molecule has 5 N–H and O–H groups in total. The van der Waals surface area contributed by atoms with Gasteiger partial charge in [0.25, 0.3) is 23.6 Å². The average Bonchev–Trinajstić information content (AvgIpc) is 3.87. The van der Waals surface area contributed by atoms with Crippen LogP contribution in [0.3, 0.4) is 0 Å². The zero-order chi connectivity index (χ0) is 32.0. The number of carbonyl (C=O) groups excluding carboxylic acids is 4. The fraction of sp³-hybridized carbons (Fsp3) is 0.371. The highest BCUT2D eigenvalue weighted by Gasteiger charge is 2.33. The van der Waals surface area contributed by atoms with Gasteiger partial charge in [0, 0.05) is 41.5 Å². The minimum Gasteiger partial charge on any atom is -0.482 e. The van der Waals surface area contributed by atoms with Crippen molar-refractivity contribution in [2.75, 3.05) is 30.3 Å². The molecular weight excluding hydrogens is 570 g/mol. The van der Waals surface area contributed by atoms with Crippen LogP contribution >= 0.6 is 0 Å². The van der Waals surface area contributed by atoms with Gasteiger partial charge in [0.1, 0.15) is 5.75 Å². The second kappa shape index (κ2) is 13.9. The monoisotopic (exact) mass is 611 g/mol. The number of carbonyl (C=O) groups is 4. The van der Waals surface area contributed by atoms with Crippen molar-refractivity contribution in [3.8, 4) is 5.75 Å². The summed E-state index contributed by atoms with van der Waals surface area (Å²) in [5, 5.41) is 8.58. The van der Waals surface area contributed by atoms with Crippen LogP contribution in [0.25, 0.3) is 0 Å². The van der Waals surface area contributed by atoms with Crippen molar-refractivity contribution in [3.63, 3.8) is 0 Å². The van der Waals surface area contributed by atoms with Crippen LogP contribution in [0.4, 0.5) is 11.4 Å². The topological polar surface area (TPSA) is 143 Å². The molecule has 3 aromatic rings. The van der Waals surface area contributed by atoms with Gasteiger partial charge in [-0.2, -0.15) is 0 Å². The van der Waals surface area contributed by atoms with Crippen LogP contribution in [0.1, 0.15) is 82.6 Å². The number of nitrogens with zero attached hydrogens (tertiary/aromatic N) is 1. The van der Waals surface area contributed by atoms with E-state index in [9.17, 15) is 19.2 Å². The standard InChI is InChI=1S/C35H41N5O5/c1-35(2,17-18-36)16-3-19-37-32(42)24-8-11-27(12-9-24)38-33(43)25-6-4-23(5-7-25)21-40(28-13-14-28)34(44)26-10-15-29-30(20-26)45-22-31(41)39-29/h4-12,15,20,28H,3,13-14,16-19,21-22,36H2,1-2H3,(H,37,42)(H,38,43)(H,39,41). The summed E-state index contributed by atoms with van der Waals surface area (Å²) in [6, 6.07) is 19.2. The third-order valence-electron chi connectivity index (χ3n) is 8.22. The van der Waals surface area contributed by atoms with Crippen LogP contribution in [0.5, 0.6) is 5.75 Å². The molecule has 1 aliphatic carbocycles. The molecule has 3 aromatic carbocycles. The van der Waals surface area contributed by atoms with Crippen molar-refractivity contribution in [2.45, 2.75) is 58.5 Å². The Morgan fingerprint density at radius 1 is 0.933 bits per heavy atom. The maximum Gasteiger partial charge on any atom is 0.262 e. The largest absolute Gasteiger partial charge is 0.482 e. The molecule has 2 aliphatic rings. The number of nitrogens with one attached hydrogen (secondary N) is 3. The first-order valence-electron chi connectivity index (χ1n) is 15.5. The van der Waals surface area contributed by atoms with Crippen LogP contribution in [0.2, 0.25) is 0 Å². The van der Waals surface area contributed by atoms with E-state index in [0.29, 0.717) is 53.4 Å². The molecule has 1 aliphatic heterocycles. The van der Waals surface area contributed by atoms with E-state index in [1.165, 1.54) is 0 Å². The molecule has 0 unspecified atom stereocenters. The van der Waals surface area contributed by atoms with Gasteiger partial charge in [0.15, 0.2) is 6.61 Å². The Kier molecular flexibility index (Phi) is 9.83. The molecule has 236 valence electrons. The van der Waals surface area contributed by atoms with E-state index in [1.54, 1.807) is 54.6 Å². The number of ether oxygens (including phenoxy) is 1. The summed E-state index contributed by atoms with van der Waals surface area (Å²) in [6.45, 7) is 5.97. The molecule has 1 saturated carbocycles. The van der Waals surface area contributed by atoms with Crippen molar-refractivity contribution in [1.29, 1.82) is 0 Å². The van der Waals surface area contributed by atoms with E-state index >= 15 is 0 Å². The van der Waals surface area contributed by atoms with Gasteiger partial charge in [-0.15, -0.1) is 0 Å². The number of rotatable bonds is 13. The summed E-state index contributed by atoms with van der Waals surface area (Å²) < 4.78 is 5.49. The Bertz CT molecular complexity index is 1550. The zero-order valence-corrected chi connectivity index (χ0v) is 25.9. The Balaban J connectivity index is 1.13. The number of amides is 4. The number of hydrogen-bond donors (Lipinski definition) is 4. The smallest absolute Gasteiger partial charge is 0.262 e. The van der Waals surface area contributed by atoms with Gasteiger partial charge in [-0.1, -0.05) is 26.0 Å².